The van der Waals surface area contributed by atoms with Gasteiger partial charge in [-0.05, 0) is 54.3 Å². The van der Waals surface area contributed by atoms with Crippen molar-refractivity contribution in [1.29, 1.82) is 0 Å². The number of carbonyl (C=O) groups is 1. The Hall–Kier alpha value is -2.09. The summed E-state index contributed by atoms with van der Waals surface area (Å²) in [4.78, 5) is 10.8. The molecule has 0 heterocycles. The smallest absolute Gasteiger partial charge is 0.150 e. The summed E-state index contributed by atoms with van der Waals surface area (Å²) in [6.45, 7) is 4.11. The molecular formula is C15H15NO. The SMILES string of the molecule is Cc1cc(N)cc(-c2cccc(C=O)c2)c1C. The first-order valence-electron chi connectivity index (χ1n) is 5.54. The molecule has 0 aromatic heterocycles. The van der Waals surface area contributed by atoms with Crippen molar-refractivity contribution in [2.24, 2.45) is 0 Å². The van der Waals surface area contributed by atoms with Crippen molar-refractivity contribution >= 4 is 12.0 Å². The third kappa shape index (κ3) is 2.21. The predicted molar refractivity (Wildman–Crippen MR) is 71.2 cm³/mol. The highest BCUT2D eigenvalue weighted by molar-refractivity contribution is 5.80. The van der Waals surface area contributed by atoms with E-state index in [4.69, 9.17) is 5.73 Å². The number of nitrogen functional groups attached to an aromatic ring is 1. The van der Waals surface area contributed by atoms with Crippen LogP contribution in [-0.2, 0) is 0 Å². The Morgan fingerprint density at radius 3 is 2.59 bits per heavy atom. The van der Waals surface area contributed by atoms with Gasteiger partial charge in [0.15, 0.2) is 0 Å². The molecular weight excluding hydrogens is 210 g/mol. The highest BCUT2D eigenvalue weighted by Gasteiger charge is 2.06. The zero-order chi connectivity index (χ0) is 12.4. The van der Waals surface area contributed by atoms with Crippen molar-refractivity contribution < 1.29 is 4.79 Å². The molecule has 0 aliphatic heterocycles. The minimum atomic E-state index is 0.682. The molecule has 0 saturated carbocycles. The van der Waals surface area contributed by atoms with Gasteiger partial charge >= 0.3 is 0 Å². The number of rotatable bonds is 2. The Morgan fingerprint density at radius 2 is 1.88 bits per heavy atom. The predicted octanol–water partition coefficient (Wildman–Crippen LogP) is 3.37. The maximum absolute atomic E-state index is 10.8. The van der Waals surface area contributed by atoms with E-state index in [1.165, 1.54) is 5.56 Å². The van der Waals surface area contributed by atoms with E-state index < -0.39 is 0 Å². The van der Waals surface area contributed by atoms with Crippen molar-refractivity contribution in [1.82, 2.24) is 0 Å². The molecule has 2 nitrogen and oxygen atoms in total. The van der Waals surface area contributed by atoms with E-state index >= 15 is 0 Å². The Balaban J connectivity index is 2.63. The normalized spacial score (nSPS) is 10.2. The number of carbonyl (C=O) groups excluding carboxylic acids is 1. The molecule has 2 aromatic rings. The van der Waals surface area contributed by atoms with Crippen molar-refractivity contribution in [2.75, 3.05) is 5.73 Å². The van der Waals surface area contributed by atoms with E-state index in [9.17, 15) is 4.79 Å². The summed E-state index contributed by atoms with van der Waals surface area (Å²) < 4.78 is 0. The van der Waals surface area contributed by atoms with Crippen LogP contribution < -0.4 is 5.73 Å². The molecule has 0 aliphatic carbocycles. The number of anilines is 1. The monoisotopic (exact) mass is 225 g/mol. The van der Waals surface area contributed by atoms with Gasteiger partial charge in [0.25, 0.3) is 0 Å². The van der Waals surface area contributed by atoms with Gasteiger partial charge in [-0.3, -0.25) is 4.79 Å². The lowest BCUT2D eigenvalue weighted by atomic mass is 9.95. The molecule has 0 spiro atoms. The van der Waals surface area contributed by atoms with Gasteiger partial charge in [-0.1, -0.05) is 18.2 Å². The molecule has 0 unspecified atom stereocenters. The average Bonchev–Trinajstić information content (AvgIpc) is 2.34. The molecule has 0 amide bonds. The molecule has 2 rings (SSSR count). The number of aryl methyl sites for hydroxylation is 1. The van der Waals surface area contributed by atoms with Crippen LogP contribution in [0, 0.1) is 13.8 Å². The molecule has 0 fully saturated rings. The lowest BCUT2D eigenvalue weighted by Gasteiger charge is -2.11. The average molecular weight is 225 g/mol. The van der Waals surface area contributed by atoms with Crippen molar-refractivity contribution in [2.45, 2.75) is 13.8 Å². The zero-order valence-corrected chi connectivity index (χ0v) is 10.0. The second-order valence-electron chi connectivity index (χ2n) is 4.25. The topological polar surface area (TPSA) is 43.1 Å². The fourth-order valence-electron chi connectivity index (χ4n) is 1.97. The van der Waals surface area contributed by atoms with Gasteiger partial charge < -0.3 is 5.73 Å². The quantitative estimate of drug-likeness (QED) is 0.629. The minimum Gasteiger partial charge on any atom is -0.399 e. The zero-order valence-electron chi connectivity index (χ0n) is 10.0. The number of aldehydes is 1. The van der Waals surface area contributed by atoms with Crippen LogP contribution in [-0.4, -0.2) is 6.29 Å². The molecule has 0 radical (unpaired) electrons. The molecule has 0 saturated heterocycles. The summed E-state index contributed by atoms with van der Waals surface area (Å²) in [5, 5.41) is 0. The highest BCUT2D eigenvalue weighted by atomic mass is 16.1. The van der Waals surface area contributed by atoms with Crippen LogP contribution in [0.3, 0.4) is 0 Å². The molecule has 0 aliphatic rings. The van der Waals surface area contributed by atoms with E-state index in [2.05, 4.69) is 6.92 Å². The van der Waals surface area contributed by atoms with Crippen LogP contribution in [0.5, 0.6) is 0 Å². The molecule has 2 N–H and O–H groups in total. The second kappa shape index (κ2) is 4.42. The van der Waals surface area contributed by atoms with Gasteiger partial charge in [-0.2, -0.15) is 0 Å². The Bertz CT molecular complexity index is 573. The van der Waals surface area contributed by atoms with E-state index in [0.717, 1.165) is 28.7 Å². The fraction of sp³-hybridized carbons (Fsp3) is 0.133. The van der Waals surface area contributed by atoms with Gasteiger partial charge in [0.05, 0.1) is 0 Å². The third-order valence-electron chi connectivity index (χ3n) is 3.02. The van der Waals surface area contributed by atoms with E-state index in [-0.39, 0.29) is 0 Å². The molecule has 0 atom stereocenters. The highest BCUT2D eigenvalue weighted by Crippen LogP contribution is 2.28. The minimum absolute atomic E-state index is 0.682. The number of hydrogen-bond donors (Lipinski definition) is 1. The fourth-order valence-corrected chi connectivity index (χ4v) is 1.97. The summed E-state index contributed by atoms with van der Waals surface area (Å²) in [5.74, 6) is 0. The first kappa shape index (κ1) is 11.4. The van der Waals surface area contributed by atoms with Crippen molar-refractivity contribution in [3.05, 3.63) is 53.1 Å². The lowest BCUT2D eigenvalue weighted by Crippen LogP contribution is -1.93. The molecule has 86 valence electrons. The first-order chi connectivity index (χ1) is 8.11. The Morgan fingerprint density at radius 1 is 1.12 bits per heavy atom. The number of nitrogens with two attached hydrogens (primary N) is 1. The molecule has 2 aromatic carbocycles. The molecule has 0 bridgehead atoms. The van der Waals surface area contributed by atoms with Crippen LogP contribution >= 0.6 is 0 Å². The van der Waals surface area contributed by atoms with E-state index in [0.29, 0.717) is 5.56 Å². The van der Waals surface area contributed by atoms with Crippen LogP contribution in [0.25, 0.3) is 11.1 Å². The standard InChI is InChI=1S/C15H15NO/c1-10-6-14(16)8-15(11(10)2)13-5-3-4-12(7-13)9-17/h3-9H,16H2,1-2H3. The second-order valence-corrected chi connectivity index (χ2v) is 4.25. The molecule has 17 heavy (non-hydrogen) atoms. The summed E-state index contributed by atoms with van der Waals surface area (Å²) in [6, 6.07) is 11.5. The van der Waals surface area contributed by atoms with E-state index in [1.54, 1.807) is 6.07 Å². The Kier molecular flexibility index (Phi) is 2.96. The summed E-state index contributed by atoms with van der Waals surface area (Å²) in [5.41, 5.74) is 11.8. The largest absolute Gasteiger partial charge is 0.399 e. The molecule has 2 heteroatoms. The number of hydrogen-bond acceptors (Lipinski definition) is 2. The maximum Gasteiger partial charge on any atom is 0.150 e. The summed E-state index contributed by atoms with van der Waals surface area (Å²) in [6.07, 6.45) is 0.859. The summed E-state index contributed by atoms with van der Waals surface area (Å²) in [7, 11) is 0. The van der Waals surface area contributed by atoms with Gasteiger partial charge in [0.2, 0.25) is 0 Å². The van der Waals surface area contributed by atoms with Crippen molar-refractivity contribution in [3.63, 3.8) is 0 Å². The summed E-state index contributed by atoms with van der Waals surface area (Å²) >= 11 is 0. The van der Waals surface area contributed by atoms with Crippen LogP contribution in [0.2, 0.25) is 0 Å². The third-order valence-corrected chi connectivity index (χ3v) is 3.02. The van der Waals surface area contributed by atoms with Crippen molar-refractivity contribution in [3.8, 4) is 11.1 Å². The van der Waals surface area contributed by atoms with Gasteiger partial charge in [-0.15, -0.1) is 0 Å². The maximum atomic E-state index is 10.8. The number of benzene rings is 2. The Labute approximate surface area is 101 Å². The first-order valence-corrected chi connectivity index (χ1v) is 5.54. The van der Waals surface area contributed by atoms with E-state index in [1.807, 2.05) is 37.3 Å². The van der Waals surface area contributed by atoms with Gasteiger partial charge in [-0.25, -0.2) is 0 Å². The van der Waals surface area contributed by atoms with Crippen LogP contribution in [0.1, 0.15) is 21.5 Å². The van der Waals surface area contributed by atoms with Gasteiger partial charge in [0.1, 0.15) is 6.29 Å². The van der Waals surface area contributed by atoms with Crippen LogP contribution in [0.15, 0.2) is 36.4 Å². The van der Waals surface area contributed by atoms with Gasteiger partial charge in [0, 0.05) is 11.3 Å². The van der Waals surface area contributed by atoms with Crippen LogP contribution in [0.4, 0.5) is 5.69 Å². The lowest BCUT2D eigenvalue weighted by molar-refractivity contribution is 0.112.